The van der Waals surface area contributed by atoms with Crippen LogP contribution < -0.4 is 0 Å². The average molecular weight is 245 g/mol. The summed E-state index contributed by atoms with van der Waals surface area (Å²) in [5.41, 5.74) is 1.30. The molecule has 96 valence electrons. The Morgan fingerprint density at radius 1 is 1.33 bits per heavy atom. The number of aliphatic hydroxyl groups excluding tert-OH is 1. The molecule has 1 N–H and O–H groups in total. The molecule has 0 aromatic heterocycles. The minimum atomic E-state index is 0.197. The molecule has 1 aliphatic heterocycles. The first-order chi connectivity index (χ1) is 8.80. The van der Waals surface area contributed by atoms with Crippen LogP contribution in [0.4, 0.5) is 0 Å². The highest BCUT2D eigenvalue weighted by Gasteiger charge is 2.36. The van der Waals surface area contributed by atoms with E-state index in [1.54, 1.807) is 0 Å². The van der Waals surface area contributed by atoms with E-state index in [1.165, 1.54) is 5.56 Å². The molecule has 3 nitrogen and oxygen atoms in total. The van der Waals surface area contributed by atoms with E-state index in [0.29, 0.717) is 0 Å². The van der Waals surface area contributed by atoms with Gasteiger partial charge >= 0.3 is 0 Å². The van der Waals surface area contributed by atoms with Crippen LogP contribution in [-0.2, 0) is 6.54 Å². The Balaban J connectivity index is 2.22. The van der Waals surface area contributed by atoms with Gasteiger partial charge in [0, 0.05) is 5.56 Å². The number of hydrogen-bond acceptors (Lipinski definition) is 2. The van der Waals surface area contributed by atoms with E-state index < -0.39 is 0 Å². The van der Waals surface area contributed by atoms with Gasteiger partial charge in [0.25, 0.3) is 0 Å². The highest BCUT2D eigenvalue weighted by Crippen LogP contribution is 2.22. The van der Waals surface area contributed by atoms with Gasteiger partial charge in [-0.2, -0.15) is 0 Å². The molecular formula is C15H21N2O+. The van der Waals surface area contributed by atoms with Crippen LogP contribution in [0.25, 0.3) is 0 Å². The molecule has 0 radical (unpaired) electrons. The van der Waals surface area contributed by atoms with E-state index in [4.69, 9.17) is 0 Å². The highest BCUT2D eigenvalue weighted by molar-refractivity contribution is 5.78. The first-order valence-electron chi connectivity index (χ1n) is 6.46. The zero-order valence-corrected chi connectivity index (χ0v) is 10.8. The van der Waals surface area contributed by atoms with E-state index in [2.05, 4.69) is 35.8 Å². The molecule has 0 fully saturated rings. The van der Waals surface area contributed by atoms with E-state index in [9.17, 15) is 5.11 Å². The third-order valence-electron chi connectivity index (χ3n) is 3.55. The van der Waals surface area contributed by atoms with E-state index >= 15 is 0 Å². The Labute approximate surface area is 109 Å². The van der Waals surface area contributed by atoms with Crippen molar-refractivity contribution in [1.82, 2.24) is 0 Å². The molecule has 1 unspecified atom stereocenters. The van der Waals surface area contributed by atoms with Crippen molar-refractivity contribution in [2.24, 2.45) is 4.99 Å². The van der Waals surface area contributed by atoms with Gasteiger partial charge in [0.05, 0.1) is 19.6 Å². The molecule has 1 aromatic carbocycles. The maximum Gasteiger partial charge on any atom is 0.202 e. The van der Waals surface area contributed by atoms with Crippen molar-refractivity contribution in [3.63, 3.8) is 0 Å². The zero-order chi connectivity index (χ0) is 12.8. The van der Waals surface area contributed by atoms with Crippen LogP contribution in [0.15, 0.2) is 48.0 Å². The summed E-state index contributed by atoms with van der Waals surface area (Å²) in [6.07, 6.45) is 2.71. The number of benzene rings is 1. The van der Waals surface area contributed by atoms with Gasteiger partial charge < -0.3 is 5.11 Å². The van der Waals surface area contributed by atoms with Crippen LogP contribution in [0.2, 0.25) is 0 Å². The molecule has 0 saturated carbocycles. The number of nitrogens with zero attached hydrogens (tertiary/aromatic N) is 2. The molecule has 1 heterocycles. The van der Waals surface area contributed by atoms with Crippen molar-refractivity contribution in [2.45, 2.75) is 13.0 Å². The number of quaternary nitrogens is 1. The minimum Gasteiger partial charge on any atom is -0.390 e. The van der Waals surface area contributed by atoms with Crippen molar-refractivity contribution < 1.29 is 9.59 Å². The summed E-state index contributed by atoms with van der Waals surface area (Å²) in [7, 11) is 0. The molecule has 18 heavy (non-hydrogen) atoms. The number of aliphatic hydroxyl groups is 1. The van der Waals surface area contributed by atoms with Crippen molar-refractivity contribution in [1.29, 1.82) is 0 Å². The molecule has 0 spiro atoms. The Morgan fingerprint density at radius 3 is 2.78 bits per heavy atom. The summed E-state index contributed by atoms with van der Waals surface area (Å²) in [5, 5.41) is 9.36. The smallest absolute Gasteiger partial charge is 0.202 e. The quantitative estimate of drug-likeness (QED) is 0.603. The van der Waals surface area contributed by atoms with Gasteiger partial charge in [-0.15, -0.1) is 6.58 Å². The van der Waals surface area contributed by atoms with E-state index in [0.717, 1.165) is 42.9 Å². The standard InChI is InChI=1S/C15H21N2O/c1-2-6-15-16-9-10-17(15,11-12-18)13-14-7-4-3-5-8-14/h2-5,7-8,18H,1,6,9-13H2/q+1. The molecule has 2 rings (SSSR count). The van der Waals surface area contributed by atoms with Gasteiger partial charge in [0.15, 0.2) is 0 Å². The molecule has 0 aliphatic carbocycles. The lowest BCUT2D eigenvalue weighted by Gasteiger charge is -2.34. The lowest BCUT2D eigenvalue weighted by atomic mass is 10.1. The Kier molecular flexibility index (Phi) is 4.28. The van der Waals surface area contributed by atoms with Gasteiger partial charge in [-0.1, -0.05) is 36.4 Å². The van der Waals surface area contributed by atoms with Crippen molar-refractivity contribution in [3.8, 4) is 0 Å². The SMILES string of the molecule is C=CCC1=NCC[N+]1(CCO)Cc1ccccc1. The summed E-state index contributed by atoms with van der Waals surface area (Å²) >= 11 is 0. The van der Waals surface area contributed by atoms with Crippen molar-refractivity contribution in [2.75, 3.05) is 26.2 Å². The number of amidine groups is 1. The fraction of sp³-hybridized carbons (Fsp3) is 0.400. The summed E-state index contributed by atoms with van der Waals surface area (Å²) < 4.78 is 0.784. The average Bonchev–Trinajstić information content (AvgIpc) is 2.75. The minimum absolute atomic E-state index is 0.197. The molecule has 3 heteroatoms. The maximum atomic E-state index is 9.36. The second-order valence-electron chi connectivity index (χ2n) is 4.75. The largest absolute Gasteiger partial charge is 0.390 e. The molecule has 0 bridgehead atoms. The Bertz CT molecular complexity index is 427. The highest BCUT2D eigenvalue weighted by atomic mass is 16.3. The molecular weight excluding hydrogens is 224 g/mol. The lowest BCUT2D eigenvalue weighted by Crippen LogP contribution is -2.51. The second kappa shape index (κ2) is 5.94. The lowest BCUT2D eigenvalue weighted by molar-refractivity contribution is -0.850. The summed E-state index contributed by atoms with van der Waals surface area (Å²) in [4.78, 5) is 4.60. The van der Waals surface area contributed by atoms with E-state index in [1.807, 2.05) is 12.1 Å². The summed E-state index contributed by atoms with van der Waals surface area (Å²) in [5.74, 6) is 1.16. The predicted molar refractivity (Wildman–Crippen MR) is 74.3 cm³/mol. The first kappa shape index (κ1) is 13.0. The molecule has 1 aliphatic rings. The van der Waals surface area contributed by atoms with Crippen LogP contribution in [-0.4, -0.2) is 41.7 Å². The monoisotopic (exact) mass is 245 g/mol. The normalized spacial score (nSPS) is 22.8. The topological polar surface area (TPSA) is 32.6 Å². The van der Waals surface area contributed by atoms with Crippen molar-refractivity contribution in [3.05, 3.63) is 48.6 Å². The van der Waals surface area contributed by atoms with Crippen LogP contribution in [0, 0.1) is 0 Å². The fourth-order valence-electron chi connectivity index (χ4n) is 2.65. The van der Waals surface area contributed by atoms with Gasteiger partial charge in [-0.25, -0.2) is 4.99 Å². The third kappa shape index (κ3) is 2.68. The Morgan fingerprint density at radius 2 is 2.11 bits per heavy atom. The number of rotatable bonds is 6. The third-order valence-corrected chi connectivity index (χ3v) is 3.55. The number of aliphatic imine (C=N–C) groups is 1. The number of hydrogen-bond donors (Lipinski definition) is 1. The predicted octanol–water partition coefficient (Wildman–Crippen LogP) is 1.98. The van der Waals surface area contributed by atoms with Crippen LogP contribution >= 0.6 is 0 Å². The van der Waals surface area contributed by atoms with Gasteiger partial charge in [-0.05, 0) is 0 Å². The zero-order valence-electron chi connectivity index (χ0n) is 10.8. The summed E-state index contributed by atoms with van der Waals surface area (Å²) in [6.45, 7) is 7.49. The summed E-state index contributed by atoms with van der Waals surface area (Å²) in [6, 6.07) is 10.4. The van der Waals surface area contributed by atoms with Gasteiger partial charge in [0.1, 0.15) is 19.6 Å². The Hall–Kier alpha value is -1.45. The van der Waals surface area contributed by atoms with Gasteiger partial charge in [-0.3, -0.25) is 4.48 Å². The van der Waals surface area contributed by atoms with Crippen molar-refractivity contribution >= 4 is 5.84 Å². The molecule has 0 saturated heterocycles. The molecule has 1 atom stereocenters. The molecule has 0 amide bonds. The molecule has 1 aromatic rings. The second-order valence-corrected chi connectivity index (χ2v) is 4.75. The van der Waals surface area contributed by atoms with Crippen LogP contribution in [0.1, 0.15) is 12.0 Å². The first-order valence-corrected chi connectivity index (χ1v) is 6.46. The van der Waals surface area contributed by atoms with Crippen LogP contribution in [0.3, 0.4) is 0 Å². The van der Waals surface area contributed by atoms with E-state index in [-0.39, 0.29) is 6.61 Å². The van der Waals surface area contributed by atoms with Gasteiger partial charge in [0.2, 0.25) is 5.84 Å². The van der Waals surface area contributed by atoms with Crippen LogP contribution in [0.5, 0.6) is 0 Å². The fourth-order valence-corrected chi connectivity index (χ4v) is 2.65. The maximum absolute atomic E-state index is 9.36.